The normalized spacial score (nSPS) is 20.6. The van der Waals surface area contributed by atoms with Gasteiger partial charge in [-0.2, -0.15) is 0 Å². The van der Waals surface area contributed by atoms with Gasteiger partial charge >= 0.3 is 0 Å². The van der Waals surface area contributed by atoms with E-state index in [2.05, 4.69) is 0 Å². The lowest BCUT2D eigenvalue weighted by Crippen LogP contribution is -2.53. The molecule has 0 spiro atoms. The van der Waals surface area contributed by atoms with Crippen molar-refractivity contribution in [3.8, 4) is 0 Å². The summed E-state index contributed by atoms with van der Waals surface area (Å²) in [6.45, 7) is 2.99. The summed E-state index contributed by atoms with van der Waals surface area (Å²) in [6, 6.07) is 5.96. The molecule has 1 heterocycles. The smallest absolute Gasteiger partial charge is 0.252 e. The summed E-state index contributed by atoms with van der Waals surface area (Å²) < 4.78 is 18.5. The molecule has 0 aromatic heterocycles. The average molecular weight is 295 g/mol. The van der Waals surface area contributed by atoms with Crippen molar-refractivity contribution in [3.63, 3.8) is 0 Å². The molecular weight excluding hydrogens is 273 g/mol. The summed E-state index contributed by atoms with van der Waals surface area (Å²) in [7, 11) is 0. The predicted molar refractivity (Wildman–Crippen MR) is 77.3 cm³/mol. The summed E-state index contributed by atoms with van der Waals surface area (Å²) in [5, 5.41) is 9.46. The Bertz CT molecular complexity index is 463. The van der Waals surface area contributed by atoms with Crippen molar-refractivity contribution in [1.29, 1.82) is 0 Å². The number of amides is 1. The molecule has 1 aromatic rings. The van der Waals surface area contributed by atoms with Crippen LogP contribution in [0.5, 0.6) is 0 Å². The van der Waals surface area contributed by atoms with E-state index in [4.69, 9.17) is 4.74 Å². The number of rotatable bonds is 6. The maximum Gasteiger partial charge on any atom is 0.252 e. The lowest BCUT2D eigenvalue weighted by molar-refractivity contribution is -0.157. The van der Waals surface area contributed by atoms with Gasteiger partial charge in [-0.05, 0) is 24.1 Å². The third-order valence-corrected chi connectivity index (χ3v) is 3.82. The number of carbonyl (C=O) groups excluding carboxylic acids is 1. The fraction of sp³-hybridized carbons (Fsp3) is 0.562. The van der Waals surface area contributed by atoms with Gasteiger partial charge in [-0.3, -0.25) is 4.79 Å². The molecule has 1 fully saturated rings. The Morgan fingerprint density at radius 3 is 2.76 bits per heavy atom. The van der Waals surface area contributed by atoms with Crippen molar-refractivity contribution in [2.45, 2.75) is 38.3 Å². The van der Waals surface area contributed by atoms with E-state index in [0.29, 0.717) is 19.6 Å². The number of aliphatic hydroxyl groups is 1. The van der Waals surface area contributed by atoms with Crippen LogP contribution >= 0.6 is 0 Å². The van der Waals surface area contributed by atoms with E-state index >= 15 is 0 Å². The Morgan fingerprint density at radius 1 is 1.43 bits per heavy atom. The number of benzene rings is 1. The Labute approximate surface area is 124 Å². The molecular formula is C16H22FNO3. The molecule has 5 heteroatoms. The maximum atomic E-state index is 12.9. The van der Waals surface area contributed by atoms with Gasteiger partial charge in [0.1, 0.15) is 11.9 Å². The molecule has 0 aliphatic carbocycles. The van der Waals surface area contributed by atoms with Crippen LogP contribution in [0.1, 0.15) is 25.3 Å². The minimum atomic E-state index is -0.546. The summed E-state index contributed by atoms with van der Waals surface area (Å²) in [5.74, 6) is -0.377. The second-order valence-corrected chi connectivity index (χ2v) is 5.35. The Balaban J connectivity index is 2.03. The topological polar surface area (TPSA) is 49.8 Å². The van der Waals surface area contributed by atoms with Gasteiger partial charge in [0.25, 0.3) is 5.91 Å². The third-order valence-electron chi connectivity index (χ3n) is 3.82. The number of nitrogens with zero attached hydrogens (tertiary/aromatic N) is 1. The Kier molecular flexibility index (Phi) is 5.70. The van der Waals surface area contributed by atoms with Gasteiger partial charge in [-0.1, -0.05) is 25.5 Å². The van der Waals surface area contributed by atoms with Crippen LogP contribution in [0.15, 0.2) is 24.3 Å². The summed E-state index contributed by atoms with van der Waals surface area (Å²) in [4.78, 5) is 14.2. The molecule has 1 aliphatic heterocycles. The van der Waals surface area contributed by atoms with E-state index in [-0.39, 0.29) is 24.4 Å². The Morgan fingerprint density at radius 2 is 2.14 bits per heavy atom. The van der Waals surface area contributed by atoms with E-state index in [1.54, 1.807) is 17.0 Å². The first-order valence-electron chi connectivity index (χ1n) is 7.43. The first-order valence-corrected chi connectivity index (χ1v) is 7.43. The van der Waals surface area contributed by atoms with Crippen LogP contribution in [0.4, 0.5) is 4.39 Å². The van der Waals surface area contributed by atoms with Crippen LogP contribution in [0.25, 0.3) is 0 Å². The van der Waals surface area contributed by atoms with Crippen molar-refractivity contribution < 1.29 is 19.0 Å². The molecule has 0 bridgehead atoms. The number of aliphatic hydroxyl groups excluding tert-OH is 1. The molecule has 116 valence electrons. The minimum absolute atomic E-state index is 0.0250. The largest absolute Gasteiger partial charge is 0.394 e. The van der Waals surface area contributed by atoms with Gasteiger partial charge < -0.3 is 14.7 Å². The molecule has 21 heavy (non-hydrogen) atoms. The number of hydrogen-bond acceptors (Lipinski definition) is 3. The Hall–Kier alpha value is -1.46. The quantitative estimate of drug-likeness (QED) is 0.870. The first-order chi connectivity index (χ1) is 10.2. The number of morpholine rings is 1. The highest BCUT2D eigenvalue weighted by Gasteiger charge is 2.33. The molecule has 1 amide bonds. The van der Waals surface area contributed by atoms with Crippen LogP contribution in [-0.4, -0.2) is 47.8 Å². The maximum absolute atomic E-state index is 12.9. The number of halogens is 1. The van der Waals surface area contributed by atoms with E-state index in [1.807, 2.05) is 6.92 Å². The standard InChI is InChI=1S/C16H22FNO3/c1-2-3-14(11-19)18-8-9-21-15(16(18)20)10-12-4-6-13(17)7-5-12/h4-7,14-15,19H,2-3,8-11H2,1H3. The van der Waals surface area contributed by atoms with Crippen LogP contribution in [0, 0.1) is 5.82 Å². The molecule has 0 radical (unpaired) electrons. The highest BCUT2D eigenvalue weighted by Crippen LogP contribution is 2.17. The third kappa shape index (κ3) is 4.02. The van der Waals surface area contributed by atoms with E-state index in [0.717, 1.165) is 18.4 Å². The summed E-state index contributed by atoms with van der Waals surface area (Å²) in [5.41, 5.74) is 0.868. The van der Waals surface area contributed by atoms with Crippen molar-refractivity contribution >= 4 is 5.91 Å². The van der Waals surface area contributed by atoms with Crippen LogP contribution in [0.2, 0.25) is 0 Å². The van der Waals surface area contributed by atoms with E-state index < -0.39 is 6.10 Å². The fourth-order valence-electron chi connectivity index (χ4n) is 2.68. The van der Waals surface area contributed by atoms with Gasteiger partial charge in [0.05, 0.1) is 19.3 Å². The van der Waals surface area contributed by atoms with Gasteiger partial charge in [0.2, 0.25) is 0 Å². The van der Waals surface area contributed by atoms with Gasteiger partial charge in [0.15, 0.2) is 0 Å². The van der Waals surface area contributed by atoms with Crippen molar-refractivity contribution in [1.82, 2.24) is 4.90 Å². The lowest BCUT2D eigenvalue weighted by atomic mass is 10.0. The van der Waals surface area contributed by atoms with Gasteiger partial charge in [-0.15, -0.1) is 0 Å². The lowest BCUT2D eigenvalue weighted by Gasteiger charge is -2.37. The second-order valence-electron chi connectivity index (χ2n) is 5.35. The highest BCUT2D eigenvalue weighted by molar-refractivity contribution is 5.82. The fourth-order valence-corrected chi connectivity index (χ4v) is 2.68. The molecule has 1 saturated heterocycles. The van der Waals surface area contributed by atoms with E-state index in [1.165, 1.54) is 12.1 Å². The molecule has 4 nitrogen and oxygen atoms in total. The van der Waals surface area contributed by atoms with Gasteiger partial charge in [0, 0.05) is 13.0 Å². The monoisotopic (exact) mass is 295 g/mol. The number of ether oxygens (including phenoxy) is 1. The molecule has 2 rings (SSSR count). The van der Waals surface area contributed by atoms with Crippen molar-refractivity contribution in [3.05, 3.63) is 35.6 Å². The van der Waals surface area contributed by atoms with Crippen molar-refractivity contribution in [2.24, 2.45) is 0 Å². The summed E-state index contributed by atoms with van der Waals surface area (Å²) in [6.07, 6.45) is 1.58. The number of hydrogen-bond donors (Lipinski definition) is 1. The highest BCUT2D eigenvalue weighted by atomic mass is 19.1. The molecule has 0 saturated carbocycles. The average Bonchev–Trinajstić information content (AvgIpc) is 2.49. The molecule has 2 atom stereocenters. The zero-order valence-corrected chi connectivity index (χ0v) is 12.3. The van der Waals surface area contributed by atoms with Crippen molar-refractivity contribution in [2.75, 3.05) is 19.8 Å². The molecule has 1 aliphatic rings. The zero-order valence-electron chi connectivity index (χ0n) is 12.3. The SMILES string of the molecule is CCCC(CO)N1CCOC(Cc2ccc(F)cc2)C1=O. The van der Waals surface area contributed by atoms with Crippen LogP contribution in [0.3, 0.4) is 0 Å². The second kappa shape index (κ2) is 7.52. The number of carbonyl (C=O) groups is 1. The van der Waals surface area contributed by atoms with Crippen LogP contribution in [-0.2, 0) is 16.0 Å². The molecule has 2 unspecified atom stereocenters. The minimum Gasteiger partial charge on any atom is -0.394 e. The molecule has 1 N–H and O–H groups in total. The predicted octanol–water partition coefficient (Wildman–Crippen LogP) is 1.76. The van der Waals surface area contributed by atoms with E-state index in [9.17, 15) is 14.3 Å². The van der Waals surface area contributed by atoms with Gasteiger partial charge in [-0.25, -0.2) is 4.39 Å². The first kappa shape index (κ1) is 15.9. The molecule has 1 aromatic carbocycles. The van der Waals surface area contributed by atoms with Crippen LogP contribution < -0.4 is 0 Å². The summed E-state index contributed by atoms with van der Waals surface area (Å²) >= 11 is 0. The zero-order chi connectivity index (χ0) is 15.2.